The first kappa shape index (κ1) is 31.0. The third-order valence-corrected chi connectivity index (χ3v) is 7.75. The first-order valence-electron chi connectivity index (χ1n) is 15.2. The van der Waals surface area contributed by atoms with Crippen LogP contribution in [0, 0.1) is 20.8 Å². The number of amides is 2. The third kappa shape index (κ3) is 7.37. The highest BCUT2D eigenvalue weighted by Crippen LogP contribution is 2.28. The minimum absolute atomic E-state index is 0.172. The van der Waals surface area contributed by atoms with Crippen LogP contribution in [-0.2, 0) is 33.5 Å². The highest BCUT2D eigenvalue weighted by atomic mass is 16.6. The van der Waals surface area contributed by atoms with E-state index in [-0.39, 0.29) is 18.6 Å². The van der Waals surface area contributed by atoms with E-state index in [2.05, 4.69) is 4.98 Å². The fourth-order valence-corrected chi connectivity index (χ4v) is 5.61. The smallest absolute Gasteiger partial charge is 0.417 e. The number of carbonyl (C=O) groups is 2. The maximum absolute atomic E-state index is 13.8. The number of hydrogen-bond donors (Lipinski definition) is 0. The molecule has 2 heterocycles. The Balaban J connectivity index is 1.25. The second kappa shape index (κ2) is 14.4. The van der Waals surface area contributed by atoms with Crippen LogP contribution < -0.4 is 4.74 Å². The van der Waals surface area contributed by atoms with Crippen molar-refractivity contribution in [2.45, 2.75) is 65.5 Å². The maximum Gasteiger partial charge on any atom is 0.417 e. The van der Waals surface area contributed by atoms with Gasteiger partial charge in [0.2, 0.25) is 5.89 Å². The van der Waals surface area contributed by atoms with Gasteiger partial charge in [0.1, 0.15) is 24.2 Å². The topological polar surface area (TPSA) is 91.1 Å². The van der Waals surface area contributed by atoms with Crippen LogP contribution in [-0.4, -0.2) is 53.9 Å². The monoisotopic (exact) mass is 596 g/mol. The minimum Gasteiger partial charge on any atom is -0.493 e. The van der Waals surface area contributed by atoms with E-state index in [0.29, 0.717) is 38.4 Å². The fraction of sp³-hybridized carbons (Fsp3) is 0.361. The molecule has 1 aliphatic rings. The Morgan fingerprint density at radius 3 is 2.34 bits per heavy atom. The van der Waals surface area contributed by atoms with Crippen LogP contribution in [0.4, 0.5) is 4.79 Å². The Morgan fingerprint density at radius 2 is 1.66 bits per heavy atom. The Morgan fingerprint density at radius 1 is 0.977 bits per heavy atom. The molecule has 1 fully saturated rings. The Kier molecular flexibility index (Phi) is 10.1. The highest BCUT2D eigenvalue weighted by Gasteiger charge is 2.41. The number of nitrogens with zero attached hydrogens (tertiary/aromatic N) is 2. The largest absolute Gasteiger partial charge is 0.493 e. The molecule has 230 valence electrons. The number of carbonyl (C=O) groups excluding carboxylic acids is 2. The number of oxazole rings is 1. The number of rotatable bonds is 13. The number of cyclic esters (lactones) is 1. The number of aromatic nitrogens is 1. The second-order valence-electron chi connectivity index (χ2n) is 11.2. The predicted octanol–water partition coefficient (Wildman–Crippen LogP) is 6.82. The summed E-state index contributed by atoms with van der Waals surface area (Å²) in [6, 6.07) is 23.3. The zero-order chi connectivity index (χ0) is 31.1. The summed E-state index contributed by atoms with van der Waals surface area (Å²) in [4.78, 5) is 32.4. The van der Waals surface area contributed by atoms with Gasteiger partial charge < -0.3 is 18.6 Å². The zero-order valence-corrected chi connectivity index (χ0v) is 25.9. The molecule has 2 atom stereocenters. The fourth-order valence-electron chi connectivity index (χ4n) is 5.61. The molecule has 4 aromatic rings. The van der Waals surface area contributed by atoms with Gasteiger partial charge in [-0.1, -0.05) is 67.6 Å². The van der Waals surface area contributed by atoms with E-state index >= 15 is 0 Å². The molecule has 1 aromatic heterocycles. The average Bonchev–Trinajstić information content (AvgIpc) is 3.58. The molecule has 0 bridgehead atoms. The molecule has 2 amide bonds. The van der Waals surface area contributed by atoms with E-state index in [0.717, 1.165) is 51.4 Å². The molecule has 0 saturated carbocycles. The van der Waals surface area contributed by atoms with Gasteiger partial charge in [0, 0.05) is 25.0 Å². The van der Waals surface area contributed by atoms with E-state index in [1.165, 1.54) is 4.90 Å². The number of aryl methyl sites for hydroxylation is 3. The van der Waals surface area contributed by atoms with Crippen LogP contribution in [0.5, 0.6) is 5.75 Å². The molecule has 1 saturated heterocycles. The van der Waals surface area contributed by atoms with Crippen LogP contribution in [0.25, 0.3) is 11.5 Å². The average molecular weight is 597 g/mol. The van der Waals surface area contributed by atoms with Crippen LogP contribution in [0.15, 0.2) is 77.2 Å². The lowest BCUT2D eigenvalue weighted by molar-refractivity contribution is -0.141. The summed E-state index contributed by atoms with van der Waals surface area (Å²) in [5.41, 5.74) is 5.72. The molecule has 2 unspecified atom stereocenters. The lowest BCUT2D eigenvalue weighted by Gasteiger charge is -2.25. The molecule has 0 radical (unpaired) electrons. The van der Waals surface area contributed by atoms with Crippen molar-refractivity contribution in [3.8, 4) is 17.2 Å². The third-order valence-electron chi connectivity index (χ3n) is 7.75. The Bertz CT molecular complexity index is 1540. The van der Waals surface area contributed by atoms with Gasteiger partial charge >= 0.3 is 6.09 Å². The molecule has 1 aliphatic heterocycles. The van der Waals surface area contributed by atoms with Crippen molar-refractivity contribution in [1.29, 1.82) is 0 Å². The first-order valence-corrected chi connectivity index (χ1v) is 15.2. The van der Waals surface area contributed by atoms with Gasteiger partial charge in [0.05, 0.1) is 18.3 Å². The van der Waals surface area contributed by atoms with Gasteiger partial charge in [-0.05, 0) is 68.0 Å². The van der Waals surface area contributed by atoms with Gasteiger partial charge in [-0.3, -0.25) is 4.79 Å². The molecule has 0 spiro atoms. The van der Waals surface area contributed by atoms with Gasteiger partial charge in [0.25, 0.3) is 5.91 Å². The lowest BCUT2D eigenvalue weighted by Crippen LogP contribution is -2.47. The van der Waals surface area contributed by atoms with Gasteiger partial charge in [-0.15, -0.1) is 0 Å². The summed E-state index contributed by atoms with van der Waals surface area (Å²) < 4.78 is 23.5. The van der Waals surface area contributed by atoms with Crippen molar-refractivity contribution in [2.24, 2.45) is 0 Å². The molecule has 0 aliphatic carbocycles. The summed E-state index contributed by atoms with van der Waals surface area (Å²) in [5.74, 6) is 1.83. The Hall–Kier alpha value is -4.43. The van der Waals surface area contributed by atoms with Gasteiger partial charge in [-0.25, -0.2) is 14.7 Å². The molecular weight excluding hydrogens is 556 g/mol. The SMILES string of the molecule is CCCOC(Cc1cc(C)c(OCCc2nc(-c3ccccc3)oc2C)c(C)c1)C(=O)N1C(=O)OCC1Cc1ccccc1. The predicted molar refractivity (Wildman–Crippen MR) is 168 cm³/mol. The number of hydrogen-bond acceptors (Lipinski definition) is 7. The van der Waals surface area contributed by atoms with E-state index in [1.807, 2.05) is 100 Å². The summed E-state index contributed by atoms with van der Waals surface area (Å²) in [5, 5.41) is 0. The van der Waals surface area contributed by atoms with Crippen molar-refractivity contribution < 1.29 is 28.2 Å². The van der Waals surface area contributed by atoms with E-state index in [9.17, 15) is 9.59 Å². The maximum atomic E-state index is 13.8. The first-order chi connectivity index (χ1) is 21.3. The summed E-state index contributed by atoms with van der Waals surface area (Å²) >= 11 is 0. The van der Waals surface area contributed by atoms with Crippen molar-refractivity contribution in [2.75, 3.05) is 19.8 Å². The van der Waals surface area contributed by atoms with Crippen molar-refractivity contribution >= 4 is 12.0 Å². The van der Waals surface area contributed by atoms with E-state index in [4.69, 9.17) is 18.6 Å². The van der Waals surface area contributed by atoms with Crippen LogP contribution >= 0.6 is 0 Å². The second-order valence-corrected chi connectivity index (χ2v) is 11.2. The van der Waals surface area contributed by atoms with Crippen molar-refractivity contribution in [3.05, 3.63) is 107 Å². The van der Waals surface area contributed by atoms with Crippen LogP contribution in [0.3, 0.4) is 0 Å². The normalized spacial score (nSPS) is 15.3. The van der Waals surface area contributed by atoms with Crippen LogP contribution in [0.2, 0.25) is 0 Å². The number of ether oxygens (including phenoxy) is 3. The molecule has 0 N–H and O–H groups in total. The van der Waals surface area contributed by atoms with Crippen molar-refractivity contribution in [3.63, 3.8) is 0 Å². The highest BCUT2D eigenvalue weighted by molar-refractivity contribution is 5.96. The number of benzene rings is 3. The standard InChI is InChI=1S/C36H40N2O6/c1-5-17-41-32(35(39)38-30(23-43-36(38)40)21-27-12-8-6-9-13-27)22-28-19-24(2)33(25(3)20-28)42-18-16-31-26(4)44-34(37-31)29-14-10-7-11-15-29/h6-15,19-20,30,32H,5,16-18,21-23H2,1-4H3. The van der Waals surface area contributed by atoms with Crippen LogP contribution in [0.1, 0.15) is 47.1 Å². The van der Waals surface area contributed by atoms with E-state index < -0.39 is 12.2 Å². The summed E-state index contributed by atoms with van der Waals surface area (Å²) in [6.07, 6.45) is 0.812. The van der Waals surface area contributed by atoms with Gasteiger partial charge in [-0.2, -0.15) is 0 Å². The molecule has 8 heteroatoms. The lowest BCUT2D eigenvalue weighted by atomic mass is 9.99. The minimum atomic E-state index is -0.807. The molecule has 5 rings (SSSR count). The van der Waals surface area contributed by atoms with E-state index in [1.54, 1.807) is 0 Å². The molecule has 44 heavy (non-hydrogen) atoms. The quantitative estimate of drug-likeness (QED) is 0.167. The summed E-state index contributed by atoms with van der Waals surface area (Å²) in [6.45, 7) is 8.94. The van der Waals surface area contributed by atoms with Crippen molar-refractivity contribution in [1.82, 2.24) is 9.88 Å². The van der Waals surface area contributed by atoms with Gasteiger partial charge in [0.15, 0.2) is 0 Å². The summed E-state index contributed by atoms with van der Waals surface area (Å²) in [7, 11) is 0. The zero-order valence-electron chi connectivity index (χ0n) is 25.9. The molecular formula is C36H40N2O6. The number of imide groups is 1. The molecule has 8 nitrogen and oxygen atoms in total. The Labute approximate surface area is 259 Å². The molecule has 3 aromatic carbocycles.